The van der Waals surface area contributed by atoms with Crippen LogP contribution in [0.15, 0.2) is 48.5 Å². The molecule has 22 heavy (non-hydrogen) atoms. The molecular weight excluding hydrogens is 283 g/mol. The highest BCUT2D eigenvalue weighted by Crippen LogP contribution is 2.32. The molecule has 3 rings (SSSR count). The third-order valence-corrected chi connectivity index (χ3v) is 3.75. The Hall–Kier alpha value is -2.69. The fourth-order valence-corrected chi connectivity index (χ4v) is 2.76. The van der Waals surface area contributed by atoms with E-state index in [9.17, 15) is 14.0 Å². The first kappa shape index (κ1) is 14.3. The van der Waals surface area contributed by atoms with E-state index in [0.29, 0.717) is 6.42 Å². The number of anilines is 2. The van der Waals surface area contributed by atoms with Crippen molar-refractivity contribution in [3.8, 4) is 0 Å². The van der Waals surface area contributed by atoms with Crippen LogP contribution in [0.1, 0.15) is 12.5 Å². The lowest BCUT2D eigenvalue weighted by Gasteiger charge is -2.23. The molecule has 5 heteroatoms. The maximum atomic E-state index is 13.7. The number of carbonyl (C=O) groups excluding carboxylic acids is 2. The van der Waals surface area contributed by atoms with Gasteiger partial charge in [-0.2, -0.15) is 0 Å². The molecular formula is C17H15FN2O2. The van der Waals surface area contributed by atoms with Crippen molar-refractivity contribution in [2.24, 2.45) is 0 Å². The van der Waals surface area contributed by atoms with Crippen LogP contribution >= 0.6 is 0 Å². The summed E-state index contributed by atoms with van der Waals surface area (Å²) in [4.78, 5) is 25.9. The predicted molar refractivity (Wildman–Crippen MR) is 82.1 cm³/mol. The van der Waals surface area contributed by atoms with Gasteiger partial charge in [0, 0.05) is 19.0 Å². The molecule has 0 aromatic heterocycles. The van der Waals surface area contributed by atoms with Crippen LogP contribution in [0, 0.1) is 5.82 Å². The molecule has 0 spiro atoms. The van der Waals surface area contributed by atoms with Gasteiger partial charge < -0.3 is 5.32 Å². The van der Waals surface area contributed by atoms with Gasteiger partial charge in [-0.1, -0.05) is 30.3 Å². The van der Waals surface area contributed by atoms with Crippen LogP contribution in [-0.2, 0) is 16.0 Å². The summed E-state index contributed by atoms with van der Waals surface area (Å²) < 4.78 is 13.7. The first-order valence-electron chi connectivity index (χ1n) is 7.01. The van der Waals surface area contributed by atoms with E-state index >= 15 is 0 Å². The molecule has 2 amide bonds. The molecule has 2 aromatic rings. The predicted octanol–water partition coefficient (Wildman–Crippen LogP) is 2.74. The van der Waals surface area contributed by atoms with E-state index in [-0.39, 0.29) is 11.6 Å². The fourth-order valence-electron chi connectivity index (χ4n) is 2.76. The highest BCUT2D eigenvalue weighted by Gasteiger charge is 2.36. The van der Waals surface area contributed by atoms with Crippen molar-refractivity contribution in [3.63, 3.8) is 0 Å². The van der Waals surface area contributed by atoms with E-state index in [0.717, 1.165) is 11.3 Å². The number of nitrogens with zero attached hydrogens (tertiary/aromatic N) is 1. The normalized spacial score (nSPS) is 16.3. The van der Waals surface area contributed by atoms with Gasteiger partial charge in [-0.3, -0.25) is 14.5 Å². The molecule has 2 aromatic carbocycles. The lowest BCUT2D eigenvalue weighted by Crippen LogP contribution is -2.44. The van der Waals surface area contributed by atoms with Gasteiger partial charge in [0.05, 0.1) is 5.69 Å². The smallest absolute Gasteiger partial charge is 0.247 e. The summed E-state index contributed by atoms with van der Waals surface area (Å²) in [5.74, 6) is -1.10. The molecule has 1 aliphatic heterocycles. The topological polar surface area (TPSA) is 49.4 Å². The van der Waals surface area contributed by atoms with Crippen LogP contribution in [-0.4, -0.2) is 17.9 Å². The lowest BCUT2D eigenvalue weighted by molar-refractivity contribution is -0.122. The lowest BCUT2D eigenvalue weighted by atomic mass is 10.1. The van der Waals surface area contributed by atoms with Crippen LogP contribution < -0.4 is 10.2 Å². The van der Waals surface area contributed by atoms with E-state index in [1.165, 1.54) is 24.0 Å². The Labute approximate surface area is 127 Å². The Morgan fingerprint density at radius 2 is 1.82 bits per heavy atom. The zero-order chi connectivity index (χ0) is 15.7. The maximum Gasteiger partial charge on any atom is 0.247 e. The molecule has 0 unspecified atom stereocenters. The molecule has 0 radical (unpaired) electrons. The van der Waals surface area contributed by atoms with Gasteiger partial charge in [0.25, 0.3) is 0 Å². The Balaban J connectivity index is 1.87. The molecule has 1 aliphatic rings. The molecule has 1 heterocycles. The quantitative estimate of drug-likeness (QED) is 0.927. The van der Waals surface area contributed by atoms with Crippen LogP contribution in [0.4, 0.5) is 15.8 Å². The van der Waals surface area contributed by atoms with Crippen LogP contribution in [0.5, 0.6) is 0 Å². The highest BCUT2D eigenvalue weighted by molar-refractivity contribution is 6.06. The van der Waals surface area contributed by atoms with Crippen molar-refractivity contribution < 1.29 is 14.0 Å². The third kappa shape index (κ3) is 2.45. The molecule has 1 atom stereocenters. The van der Waals surface area contributed by atoms with E-state index in [2.05, 4.69) is 5.32 Å². The molecule has 0 saturated carbocycles. The Morgan fingerprint density at radius 3 is 2.55 bits per heavy atom. The van der Waals surface area contributed by atoms with Gasteiger partial charge in [0.15, 0.2) is 0 Å². The zero-order valence-electron chi connectivity index (χ0n) is 12.0. The van der Waals surface area contributed by atoms with Gasteiger partial charge >= 0.3 is 0 Å². The van der Waals surface area contributed by atoms with Crippen molar-refractivity contribution in [2.75, 3.05) is 10.2 Å². The summed E-state index contributed by atoms with van der Waals surface area (Å²) in [6.07, 6.45) is 0.427. The fraction of sp³-hybridized carbons (Fsp3) is 0.176. The Kier molecular flexibility index (Phi) is 3.63. The number of amides is 2. The standard InChI is InChI=1S/C17H15FN2O2/c1-11(21)20-15-9-5-2-6-12(15)10-16(20)17(22)19-14-8-4-3-7-13(14)18/h2-9,16H,10H2,1H3,(H,19,22)/t16-/m0/s1. The SMILES string of the molecule is CC(=O)N1c2ccccc2C[C@H]1C(=O)Nc1ccccc1F. The molecule has 0 bridgehead atoms. The van der Waals surface area contributed by atoms with Gasteiger partial charge in [0.2, 0.25) is 11.8 Å². The Bertz CT molecular complexity index is 745. The van der Waals surface area contributed by atoms with E-state index in [4.69, 9.17) is 0 Å². The number of nitrogens with one attached hydrogen (secondary N) is 1. The second-order valence-electron chi connectivity index (χ2n) is 5.21. The molecule has 1 N–H and O–H groups in total. The van der Waals surface area contributed by atoms with E-state index < -0.39 is 17.8 Å². The minimum absolute atomic E-state index is 0.118. The van der Waals surface area contributed by atoms with Crippen molar-refractivity contribution in [1.82, 2.24) is 0 Å². The number of fused-ring (bicyclic) bond motifs is 1. The monoisotopic (exact) mass is 298 g/mol. The average Bonchev–Trinajstić information content (AvgIpc) is 2.89. The van der Waals surface area contributed by atoms with E-state index in [1.54, 1.807) is 12.1 Å². The number of hydrogen-bond donors (Lipinski definition) is 1. The first-order chi connectivity index (χ1) is 10.6. The zero-order valence-corrected chi connectivity index (χ0v) is 12.0. The number of halogens is 1. The maximum absolute atomic E-state index is 13.7. The summed E-state index contributed by atoms with van der Waals surface area (Å²) in [7, 11) is 0. The van der Waals surface area contributed by atoms with Crippen molar-refractivity contribution >= 4 is 23.2 Å². The molecule has 0 saturated heterocycles. The number of benzene rings is 2. The molecule has 0 aliphatic carbocycles. The summed E-state index contributed by atoms with van der Waals surface area (Å²) in [6.45, 7) is 1.42. The summed E-state index contributed by atoms with van der Waals surface area (Å²) >= 11 is 0. The average molecular weight is 298 g/mol. The molecule has 0 fully saturated rings. The second kappa shape index (κ2) is 5.60. The minimum atomic E-state index is -0.658. The molecule has 4 nitrogen and oxygen atoms in total. The van der Waals surface area contributed by atoms with Gasteiger partial charge in [-0.15, -0.1) is 0 Å². The third-order valence-electron chi connectivity index (χ3n) is 3.75. The van der Waals surface area contributed by atoms with Crippen LogP contribution in [0.2, 0.25) is 0 Å². The van der Waals surface area contributed by atoms with Gasteiger partial charge in [0.1, 0.15) is 11.9 Å². The number of rotatable bonds is 2. The minimum Gasteiger partial charge on any atom is -0.322 e. The summed E-state index contributed by atoms with van der Waals surface area (Å²) in [5.41, 5.74) is 1.79. The van der Waals surface area contributed by atoms with Crippen molar-refractivity contribution in [1.29, 1.82) is 0 Å². The van der Waals surface area contributed by atoms with Gasteiger partial charge in [-0.05, 0) is 23.8 Å². The summed E-state index contributed by atoms with van der Waals surface area (Å²) in [5, 5.41) is 2.56. The largest absolute Gasteiger partial charge is 0.322 e. The van der Waals surface area contributed by atoms with E-state index in [1.807, 2.05) is 24.3 Å². The van der Waals surface area contributed by atoms with Crippen LogP contribution in [0.25, 0.3) is 0 Å². The first-order valence-corrected chi connectivity index (χ1v) is 7.01. The second-order valence-corrected chi connectivity index (χ2v) is 5.21. The summed E-state index contributed by atoms with van der Waals surface area (Å²) in [6, 6.07) is 12.7. The number of hydrogen-bond acceptors (Lipinski definition) is 2. The molecule has 112 valence electrons. The van der Waals surface area contributed by atoms with Gasteiger partial charge in [-0.25, -0.2) is 4.39 Å². The number of para-hydroxylation sites is 2. The highest BCUT2D eigenvalue weighted by atomic mass is 19.1. The van der Waals surface area contributed by atoms with Crippen molar-refractivity contribution in [2.45, 2.75) is 19.4 Å². The number of carbonyl (C=O) groups is 2. The van der Waals surface area contributed by atoms with Crippen molar-refractivity contribution in [3.05, 3.63) is 59.9 Å². The van der Waals surface area contributed by atoms with Crippen LogP contribution in [0.3, 0.4) is 0 Å². The Morgan fingerprint density at radius 1 is 1.14 bits per heavy atom.